The van der Waals surface area contributed by atoms with E-state index in [-0.39, 0.29) is 18.9 Å². The van der Waals surface area contributed by atoms with Gasteiger partial charge in [-0.3, -0.25) is 4.79 Å². The molecule has 76 heavy (non-hydrogen) atoms. The maximum atomic E-state index is 13.2. The van der Waals surface area contributed by atoms with Gasteiger partial charge in [-0.25, -0.2) is 0 Å². The van der Waals surface area contributed by atoms with Crippen LogP contribution in [-0.4, -0.2) is 140 Å². The van der Waals surface area contributed by atoms with Gasteiger partial charge in [0, 0.05) is 6.42 Å². The summed E-state index contributed by atoms with van der Waals surface area (Å²) in [5, 5.41) is 86.9. The van der Waals surface area contributed by atoms with Crippen LogP contribution in [-0.2, 0) is 23.7 Å². The highest BCUT2D eigenvalue weighted by atomic mass is 16.7. The molecule has 14 nitrogen and oxygen atoms in total. The minimum Gasteiger partial charge on any atom is -0.394 e. The molecule has 12 unspecified atom stereocenters. The van der Waals surface area contributed by atoms with Crippen molar-refractivity contribution in [3.63, 3.8) is 0 Å². The van der Waals surface area contributed by atoms with Gasteiger partial charge in [-0.1, -0.05) is 228 Å². The average molecular weight is 1080 g/mol. The molecular formula is C62H109NO13. The molecule has 2 aliphatic rings. The molecule has 0 aromatic heterocycles. The largest absolute Gasteiger partial charge is 0.394 e. The number of nitrogens with one attached hydrogen (secondary N) is 1. The summed E-state index contributed by atoms with van der Waals surface area (Å²) in [5.41, 5.74) is 0. The molecule has 0 bridgehead atoms. The number of carbonyl (C=O) groups excluding carboxylic acids is 1. The van der Waals surface area contributed by atoms with Gasteiger partial charge in [-0.15, -0.1) is 0 Å². The maximum Gasteiger partial charge on any atom is 0.220 e. The van der Waals surface area contributed by atoms with Gasteiger partial charge in [0.15, 0.2) is 12.6 Å². The Morgan fingerprint density at radius 1 is 0.487 bits per heavy atom. The van der Waals surface area contributed by atoms with Crippen LogP contribution < -0.4 is 5.32 Å². The summed E-state index contributed by atoms with van der Waals surface area (Å²) in [4.78, 5) is 13.2. The van der Waals surface area contributed by atoms with Gasteiger partial charge in [0.25, 0.3) is 0 Å². The first-order valence-corrected chi connectivity index (χ1v) is 30.2. The van der Waals surface area contributed by atoms with E-state index in [9.17, 15) is 45.6 Å². The lowest BCUT2D eigenvalue weighted by atomic mass is 9.97. The molecule has 2 saturated heterocycles. The average Bonchev–Trinajstić information content (AvgIpc) is 3.42. The zero-order valence-electron chi connectivity index (χ0n) is 47.2. The summed E-state index contributed by atoms with van der Waals surface area (Å²) < 4.78 is 22.7. The van der Waals surface area contributed by atoms with Crippen molar-refractivity contribution >= 4 is 5.91 Å². The number of aliphatic hydroxyl groups excluding tert-OH is 8. The van der Waals surface area contributed by atoms with Gasteiger partial charge in [-0.2, -0.15) is 0 Å². The van der Waals surface area contributed by atoms with Crippen molar-refractivity contribution in [1.29, 1.82) is 0 Å². The summed E-state index contributed by atoms with van der Waals surface area (Å²) >= 11 is 0. The number of allylic oxidation sites excluding steroid dienone is 11. The molecule has 1 amide bonds. The number of carbonyl (C=O) groups is 1. The quantitative estimate of drug-likeness (QED) is 0.0204. The van der Waals surface area contributed by atoms with E-state index in [2.05, 4.69) is 67.8 Å². The fourth-order valence-corrected chi connectivity index (χ4v) is 9.55. The van der Waals surface area contributed by atoms with Crippen molar-refractivity contribution < 1.29 is 64.6 Å². The van der Waals surface area contributed by atoms with Crippen LogP contribution in [0.4, 0.5) is 0 Å². The molecule has 0 saturated carbocycles. The monoisotopic (exact) mass is 1080 g/mol. The van der Waals surface area contributed by atoms with Crippen molar-refractivity contribution in [3.8, 4) is 0 Å². The second-order valence-corrected chi connectivity index (χ2v) is 21.1. The summed E-state index contributed by atoms with van der Waals surface area (Å²) in [5.74, 6) is -0.330. The van der Waals surface area contributed by atoms with Crippen LogP contribution in [0.1, 0.15) is 219 Å². The summed E-state index contributed by atoms with van der Waals surface area (Å²) in [6.45, 7) is 2.61. The van der Waals surface area contributed by atoms with E-state index in [1.807, 2.05) is 18.2 Å². The third kappa shape index (κ3) is 32.5. The second kappa shape index (κ2) is 47.3. The normalized spacial score (nSPS) is 25.4. The number of hydrogen-bond donors (Lipinski definition) is 9. The molecule has 0 spiro atoms. The highest BCUT2D eigenvalue weighted by molar-refractivity contribution is 5.76. The van der Waals surface area contributed by atoms with E-state index in [0.29, 0.717) is 12.8 Å². The first-order chi connectivity index (χ1) is 37.1. The molecule has 12 atom stereocenters. The van der Waals surface area contributed by atoms with E-state index < -0.39 is 86.8 Å². The lowest BCUT2D eigenvalue weighted by Crippen LogP contribution is -2.65. The summed E-state index contributed by atoms with van der Waals surface area (Å²) in [7, 11) is 0. The van der Waals surface area contributed by atoms with E-state index in [0.717, 1.165) is 38.5 Å². The van der Waals surface area contributed by atoms with Crippen LogP contribution in [0, 0.1) is 0 Å². The fourth-order valence-electron chi connectivity index (χ4n) is 9.55. The highest BCUT2D eigenvalue weighted by Gasteiger charge is 2.51. The first kappa shape index (κ1) is 69.5. The van der Waals surface area contributed by atoms with Crippen LogP contribution in [0.2, 0.25) is 0 Å². The molecule has 0 aromatic carbocycles. The van der Waals surface area contributed by atoms with Gasteiger partial charge in [0.1, 0.15) is 48.8 Å². The van der Waals surface area contributed by atoms with Crippen LogP contribution in [0.15, 0.2) is 72.9 Å². The highest BCUT2D eigenvalue weighted by Crippen LogP contribution is 2.30. The minimum atomic E-state index is -1.80. The third-order valence-electron chi connectivity index (χ3n) is 14.4. The van der Waals surface area contributed by atoms with Crippen molar-refractivity contribution in [2.45, 2.75) is 293 Å². The molecule has 0 radical (unpaired) electrons. The van der Waals surface area contributed by atoms with E-state index in [1.54, 1.807) is 6.08 Å². The SMILES string of the molecule is CC/C=C\C/C=C\C/C=C\C/C=C\CCC(=O)NC(COC1OC(CO)C(OC2OC(CO)C(O)C(O)C2O)C(O)C1O)C(O)/C=C/CC/C=C/CCCCCCCCCCCCCCCCCCCCCCCCC. The van der Waals surface area contributed by atoms with E-state index >= 15 is 0 Å². The van der Waals surface area contributed by atoms with Gasteiger partial charge < -0.3 is 65.1 Å². The topological polar surface area (TPSA) is 228 Å². The number of amides is 1. The van der Waals surface area contributed by atoms with Crippen molar-refractivity contribution in [3.05, 3.63) is 72.9 Å². The lowest BCUT2D eigenvalue weighted by molar-refractivity contribution is -0.359. The maximum absolute atomic E-state index is 13.2. The Balaban J connectivity index is 1.74. The lowest BCUT2D eigenvalue weighted by Gasteiger charge is -2.46. The number of ether oxygens (including phenoxy) is 4. The van der Waals surface area contributed by atoms with Crippen LogP contribution >= 0.6 is 0 Å². The minimum absolute atomic E-state index is 0.149. The zero-order valence-corrected chi connectivity index (χ0v) is 47.2. The fraction of sp³-hybridized carbons (Fsp3) is 0.790. The number of hydrogen-bond acceptors (Lipinski definition) is 13. The molecule has 0 aromatic rings. The Kier molecular flexibility index (Phi) is 43.2. The van der Waals surface area contributed by atoms with Crippen LogP contribution in [0.25, 0.3) is 0 Å². The predicted molar refractivity (Wildman–Crippen MR) is 304 cm³/mol. The molecule has 0 aliphatic carbocycles. The molecule has 14 heteroatoms. The Morgan fingerprint density at radius 3 is 1.43 bits per heavy atom. The van der Waals surface area contributed by atoms with Crippen LogP contribution in [0.5, 0.6) is 0 Å². The Hall–Kier alpha value is -2.57. The molecule has 2 aliphatic heterocycles. The zero-order chi connectivity index (χ0) is 55.3. The second-order valence-electron chi connectivity index (χ2n) is 21.1. The Morgan fingerprint density at radius 2 is 0.921 bits per heavy atom. The summed E-state index contributed by atoms with van der Waals surface area (Å²) in [6.07, 6.45) is 45.6. The van der Waals surface area contributed by atoms with Gasteiger partial charge >= 0.3 is 0 Å². The molecule has 440 valence electrons. The van der Waals surface area contributed by atoms with Crippen LogP contribution in [0.3, 0.4) is 0 Å². The number of unbranched alkanes of at least 4 members (excludes halogenated alkanes) is 24. The number of aliphatic hydroxyl groups is 8. The third-order valence-corrected chi connectivity index (χ3v) is 14.4. The first-order valence-electron chi connectivity index (χ1n) is 30.2. The number of rotatable bonds is 47. The Labute approximate surface area is 459 Å². The standard InChI is InChI=1S/C62H109NO13/c1-3-5-7-9-11-13-15-17-18-19-20-21-22-23-24-25-26-27-28-29-30-31-32-34-35-37-39-41-43-45-51(66)50(63-54(67)46-44-42-40-38-36-33-16-14-12-10-8-6-4-2)49-73-61-59(72)57(70)60(53(48-65)75-61)76-62-58(71)56(69)55(68)52(47-64)74-62/h6,8,12,14,33,35-37,40,42-43,45,50-53,55-62,64-66,68-72H,3-5,7,9-11,13,15-32,34,38-39,41,44,46-49H2,1-2H3,(H,63,67)/b8-6-,14-12-,36-33-,37-35+,42-40-,45-43+. The molecule has 9 N–H and O–H groups in total. The summed E-state index contributed by atoms with van der Waals surface area (Å²) in [6, 6.07) is -0.973. The Bertz CT molecular complexity index is 1550. The van der Waals surface area contributed by atoms with Crippen molar-refractivity contribution in [1.82, 2.24) is 5.32 Å². The predicted octanol–water partition coefficient (Wildman–Crippen LogP) is 10.3. The van der Waals surface area contributed by atoms with Gasteiger partial charge in [0.05, 0.1) is 32.0 Å². The molecule has 2 fully saturated rings. The molecule has 2 rings (SSSR count). The van der Waals surface area contributed by atoms with E-state index in [1.165, 1.54) is 148 Å². The smallest absolute Gasteiger partial charge is 0.220 e. The van der Waals surface area contributed by atoms with Crippen molar-refractivity contribution in [2.24, 2.45) is 0 Å². The van der Waals surface area contributed by atoms with Gasteiger partial charge in [0.2, 0.25) is 5.91 Å². The van der Waals surface area contributed by atoms with E-state index in [4.69, 9.17) is 18.9 Å². The molecule has 2 heterocycles. The van der Waals surface area contributed by atoms with Crippen molar-refractivity contribution in [2.75, 3.05) is 19.8 Å². The molecular weight excluding hydrogens is 967 g/mol. The van der Waals surface area contributed by atoms with Gasteiger partial charge in [-0.05, 0) is 57.8 Å².